The largest absolute Gasteiger partial charge is 0.391 e. The first-order valence-electron chi connectivity index (χ1n) is 9.35. The van der Waals surface area contributed by atoms with Crippen molar-refractivity contribution in [3.63, 3.8) is 0 Å². The summed E-state index contributed by atoms with van der Waals surface area (Å²) in [5.74, 6) is 0. The molecule has 0 bridgehead atoms. The lowest BCUT2D eigenvalue weighted by atomic mass is 10.2. The molecule has 29 heavy (non-hydrogen) atoms. The van der Waals surface area contributed by atoms with E-state index < -0.39 is 19.0 Å². The molecular weight excluding hydrogens is 405 g/mol. The highest BCUT2D eigenvalue weighted by Gasteiger charge is 2.35. The minimum atomic E-state index is -3.59. The lowest BCUT2D eigenvalue weighted by Crippen LogP contribution is -2.06. The van der Waals surface area contributed by atoms with E-state index in [0.717, 1.165) is 17.1 Å². The minimum Gasteiger partial charge on any atom is -0.291 e. The van der Waals surface area contributed by atoms with E-state index in [4.69, 9.17) is 9.05 Å². The van der Waals surface area contributed by atoms with Gasteiger partial charge < -0.3 is 0 Å². The normalized spacial score (nSPS) is 16.5. The molecule has 0 amide bonds. The first-order chi connectivity index (χ1) is 14.0. The number of aromatic nitrogens is 3. The first kappa shape index (κ1) is 21.7. The SMILES string of the molecule is CC(OP(=O)(OC(C)c1ccccn1)SC(C)c1ccccn1)c1ccccn1. The summed E-state index contributed by atoms with van der Waals surface area (Å²) in [6.45, 7) is 1.98. The standard InChI is InChI=1S/C21H24N3O3PS/c1-16(19-10-4-7-13-22-19)26-28(25,27-17(2)20-11-5-8-14-23-20)29-18(3)21-12-6-9-15-24-21/h4-18H,1-3H3. The highest BCUT2D eigenvalue weighted by molar-refractivity contribution is 8.55. The van der Waals surface area contributed by atoms with Crippen LogP contribution in [0.4, 0.5) is 0 Å². The van der Waals surface area contributed by atoms with E-state index in [0.29, 0.717) is 11.4 Å². The predicted octanol–water partition coefficient (Wildman–Crippen LogP) is 6.33. The summed E-state index contributed by atoms with van der Waals surface area (Å²) >= 11 is 1.14. The Balaban J connectivity index is 1.82. The zero-order valence-electron chi connectivity index (χ0n) is 16.6. The van der Waals surface area contributed by atoms with E-state index in [9.17, 15) is 4.57 Å². The molecule has 0 radical (unpaired) electrons. The molecular formula is C21H24N3O3PS. The van der Waals surface area contributed by atoms with Gasteiger partial charge in [0.2, 0.25) is 0 Å². The third-order valence-electron chi connectivity index (χ3n) is 4.17. The van der Waals surface area contributed by atoms with Gasteiger partial charge in [-0.1, -0.05) is 18.2 Å². The van der Waals surface area contributed by atoms with Crippen molar-refractivity contribution >= 4 is 18.2 Å². The second kappa shape index (κ2) is 10.1. The fourth-order valence-corrected chi connectivity index (χ4v) is 7.00. The fourth-order valence-electron chi connectivity index (χ4n) is 2.67. The van der Waals surface area contributed by atoms with Gasteiger partial charge in [-0.3, -0.25) is 24.0 Å². The van der Waals surface area contributed by atoms with Gasteiger partial charge in [0.05, 0.1) is 22.3 Å². The minimum absolute atomic E-state index is 0.186. The fraction of sp³-hybridized carbons (Fsp3) is 0.286. The van der Waals surface area contributed by atoms with Gasteiger partial charge in [0.25, 0.3) is 0 Å². The van der Waals surface area contributed by atoms with Crippen LogP contribution in [-0.2, 0) is 13.6 Å². The molecule has 0 N–H and O–H groups in total. The second-order valence-electron chi connectivity index (χ2n) is 6.45. The number of pyridine rings is 3. The summed E-state index contributed by atoms with van der Waals surface area (Å²) in [7, 11) is 0. The van der Waals surface area contributed by atoms with Crippen molar-refractivity contribution in [1.82, 2.24) is 15.0 Å². The van der Waals surface area contributed by atoms with Crippen LogP contribution in [0.2, 0.25) is 0 Å². The summed E-state index contributed by atoms with van der Waals surface area (Å²) in [6.07, 6.45) is 4.08. The van der Waals surface area contributed by atoms with Crippen LogP contribution in [0.3, 0.4) is 0 Å². The summed E-state index contributed by atoms with van der Waals surface area (Å²) in [5, 5.41) is -0.186. The summed E-state index contributed by atoms with van der Waals surface area (Å²) in [5.41, 5.74) is 2.18. The Morgan fingerprint density at radius 1 is 0.724 bits per heavy atom. The van der Waals surface area contributed by atoms with Gasteiger partial charge in [-0.05, 0) is 68.6 Å². The number of nitrogens with zero attached hydrogens (tertiary/aromatic N) is 3. The van der Waals surface area contributed by atoms with Crippen LogP contribution in [0.1, 0.15) is 55.3 Å². The van der Waals surface area contributed by atoms with Crippen LogP contribution in [0.25, 0.3) is 0 Å². The van der Waals surface area contributed by atoms with Crippen molar-refractivity contribution in [1.29, 1.82) is 0 Å². The molecule has 3 aromatic rings. The van der Waals surface area contributed by atoms with Gasteiger partial charge >= 0.3 is 6.80 Å². The van der Waals surface area contributed by atoms with Gasteiger partial charge in [-0.15, -0.1) is 0 Å². The molecule has 0 fully saturated rings. The Kier molecular flexibility index (Phi) is 7.56. The van der Waals surface area contributed by atoms with E-state index in [1.54, 1.807) is 18.6 Å². The van der Waals surface area contributed by atoms with Crippen LogP contribution < -0.4 is 0 Å². The Morgan fingerprint density at radius 3 is 1.52 bits per heavy atom. The molecule has 0 aromatic carbocycles. The summed E-state index contributed by atoms with van der Waals surface area (Å²) in [4.78, 5) is 13.0. The van der Waals surface area contributed by atoms with E-state index in [-0.39, 0.29) is 5.25 Å². The van der Waals surface area contributed by atoms with Crippen molar-refractivity contribution in [2.24, 2.45) is 0 Å². The number of hydrogen-bond acceptors (Lipinski definition) is 7. The van der Waals surface area contributed by atoms with Gasteiger partial charge in [-0.25, -0.2) is 4.57 Å². The highest BCUT2D eigenvalue weighted by Crippen LogP contribution is 2.68. The van der Waals surface area contributed by atoms with Gasteiger partial charge in [0.15, 0.2) is 0 Å². The van der Waals surface area contributed by atoms with E-state index >= 15 is 0 Å². The third-order valence-corrected chi connectivity index (χ3v) is 8.38. The molecule has 0 saturated carbocycles. The molecule has 0 spiro atoms. The second-order valence-corrected chi connectivity index (χ2v) is 10.7. The molecule has 3 heterocycles. The maximum absolute atomic E-state index is 13.8. The van der Waals surface area contributed by atoms with Crippen LogP contribution in [0.15, 0.2) is 73.2 Å². The van der Waals surface area contributed by atoms with Crippen molar-refractivity contribution in [3.05, 3.63) is 90.3 Å². The molecule has 152 valence electrons. The molecule has 3 aromatic heterocycles. The molecule has 0 saturated heterocycles. The number of hydrogen-bond donors (Lipinski definition) is 0. The van der Waals surface area contributed by atoms with E-state index in [1.807, 2.05) is 75.4 Å². The van der Waals surface area contributed by atoms with Gasteiger partial charge in [-0.2, -0.15) is 0 Å². The van der Waals surface area contributed by atoms with Gasteiger partial charge in [0, 0.05) is 18.6 Å². The number of rotatable bonds is 9. The summed E-state index contributed by atoms with van der Waals surface area (Å²) in [6, 6.07) is 16.7. The van der Waals surface area contributed by atoms with E-state index in [2.05, 4.69) is 15.0 Å². The Labute approximate surface area is 175 Å². The smallest absolute Gasteiger partial charge is 0.291 e. The van der Waals surface area contributed by atoms with Crippen molar-refractivity contribution in [2.45, 2.75) is 38.2 Å². The maximum Gasteiger partial charge on any atom is 0.391 e. The molecule has 8 heteroatoms. The Hall–Kier alpha value is -2.05. The molecule has 3 rings (SSSR count). The third kappa shape index (κ3) is 6.21. The predicted molar refractivity (Wildman–Crippen MR) is 115 cm³/mol. The van der Waals surface area contributed by atoms with E-state index in [1.165, 1.54) is 0 Å². The highest BCUT2D eigenvalue weighted by atomic mass is 32.7. The van der Waals surface area contributed by atoms with Crippen LogP contribution in [-0.4, -0.2) is 15.0 Å². The molecule has 0 aliphatic rings. The monoisotopic (exact) mass is 429 g/mol. The Morgan fingerprint density at radius 2 is 1.14 bits per heavy atom. The lowest BCUT2D eigenvalue weighted by molar-refractivity contribution is 0.137. The van der Waals surface area contributed by atoms with Crippen molar-refractivity contribution in [3.8, 4) is 0 Å². The van der Waals surface area contributed by atoms with Gasteiger partial charge in [0.1, 0.15) is 12.2 Å². The first-order valence-corrected chi connectivity index (χ1v) is 12.4. The molecule has 6 nitrogen and oxygen atoms in total. The van der Waals surface area contributed by atoms with Crippen molar-refractivity contribution in [2.75, 3.05) is 0 Å². The maximum atomic E-state index is 13.8. The topological polar surface area (TPSA) is 74.2 Å². The molecule has 0 aliphatic heterocycles. The molecule has 0 aliphatic carbocycles. The van der Waals surface area contributed by atoms with Crippen LogP contribution in [0, 0.1) is 0 Å². The Bertz CT molecular complexity index is 809. The van der Waals surface area contributed by atoms with Crippen LogP contribution >= 0.6 is 18.2 Å². The summed E-state index contributed by atoms with van der Waals surface area (Å²) < 4.78 is 25.8. The average molecular weight is 429 g/mol. The zero-order chi connectivity index (χ0) is 20.7. The average Bonchev–Trinajstić information content (AvgIpc) is 2.75. The lowest BCUT2D eigenvalue weighted by Gasteiger charge is -2.26. The van der Waals surface area contributed by atoms with Crippen LogP contribution in [0.5, 0.6) is 0 Å². The molecule has 3 atom stereocenters. The molecule has 3 unspecified atom stereocenters. The zero-order valence-corrected chi connectivity index (χ0v) is 18.3. The van der Waals surface area contributed by atoms with Crippen molar-refractivity contribution < 1.29 is 13.6 Å². The quantitative estimate of drug-likeness (QED) is 0.368.